The standard InChI is InChI=1S/C12H14O4/c1-3-16-12(14)7-5-9-4-6-11(15-2)10(13)8-9/h4-8,13H,3H2,1-2H3/b7-5+. The van der Waals surface area contributed by atoms with Crippen molar-refractivity contribution in [2.75, 3.05) is 13.7 Å². The Morgan fingerprint density at radius 1 is 1.50 bits per heavy atom. The highest BCUT2D eigenvalue weighted by Crippen LogP contribution is 2.26. The number of phenols is 1. The van der Waals surface area contributed by atoms with Gasteiger partial charge < -0.3 is 14.6 Å². The van der Waals surface area contributed by atoms with Crippen LogP contribution in [0.3, 0.4) is 0 Å². The lowest BCUT2D eigenvalue weighted by Gasteiger charge is -2.03. The maximum absolute atomic E-state index is 11.0. The molecule has 0 heterocycles. The third-order valence-electron chi connectivity index (χ3n) is 1.90. The van der Waals surface area contributed by atoms with Crippen molar-refractivity contribution in [2.45, 2.75) is 6.92 Å². The SMILES string of the molecule is CCOC(=O)/C=C/c1ccc(OC)c(O)c1. The predicted molar refractivity (Wildman–Crippen MR) is 60.3 cm³/mol. The van der Waals surface area contributed by atoms with Crippen LogP contribution in [0.1, 0.15) is 12.5 Å². The Morgan fingerprint density at radius 2 is 2.25 bits per heavy atom. The second-order valence-corrected chi connectivity index (χ2v) is 3.02. The van der Waals surface area contributed by atoms with E-state index in [1.807, 2.05) is 0 Å². The van der Waals surface area contributed by atoms with Gasteiger partial charge in [-0.1, -0.05) is 6.07 Å². The van der Waals surface area contributed by atoms with Crippen molar-refractivity contribution < 1.29 is 19.4 Å². The molecular weight excluding hydrogens is 208 g/mol. The smallest absolute Gasteiger partial charge is 0.330 e. The summed E-state index contributed by atoms with van der Waals surface area (Å²) in [4.78, 5) is 11.0. The molecule has 0 atom stereocenters. The summed E-state index contributed by atoms with van der Waals surface area (Å²) in [5.74, 6) is 0.0274. The minimum absolute atomic E-state index is 0.0357. The number of methoxy groups -OCH3 is 1. The normalized spacial score (nSPS) is 10.4. The number of rotatable bonds is 4. The van der Waals surface area contributed by atoms with E-state index in [0.717, 1.165) is 0 Å². The van der Waals surface area contributed by atoms with Gasteiger partial charge in [-0.25, -0.2) is 4.79 Å². The molecule has 0 aromatic heterocycles. The summed E-state index contributed by atoms with van der Waals surface area (Å²) in [6, 6.07) is 4.86. The Hall–Kier alpha value is -1.97. The first-order valence-corrected chi connectivity index (χ1v) is 4.89. The number of aromatic hydroxyl groups is 1. The Kier molecular flexibility index (Phi) is 4.39. The molecule has 0 bridgehead atoms. The lowest BCUT2D eigenvalue weighted by molar-refractivity contribution is -0.137. The first kappa shape index (κ1) is 12.1. The van der Waals surface area contributed by atoms with Gasteiger partial charge in [0.2, 0.25) is 0 Å². The van der Waals surface area contributed by atoms with Crippen molar-refractivity contribution in [3.63, 3.8) is 0 Å². The average molecular weight is 222 g/mol. The number of hydrogen-bond donors (Lipinski definition) is 1. The van der Waals surface area contributed by atoms with Gasteiger partial charge in [0.15, 0.2) is 11.5 Å². The van der Waals surface area contributed by atoms with Gasteiger partial charge in [-0.05, 0) is 30.7 Å². The van der Waals surface area contributed by atoms with Crippen LogP contribution in [0.4, 0.5) is 0 Å². The third kappa shape index (κ3) is 3.31. The van der Waals surface area contributed by atoms with E-state index in [1.165, 1.54) is 19.3 Å². The molecule has 1 N–H and O–H groups in total. The molecule has 0 amide bonds. The number of carbonyl (C=O) groups excluding carboxylic acids is 1. The van der Waals surface area contributed by atoms with Gasteiger partial charge in [-0.2, -0.15) is 0 Å². The number of esters is 1. The minimum Gasteiger partial charge on any atom is -0.504 e. The molecule has 0 saturated carbocycles. The molecule has 4 nitrogen and oxygen atoms in total. The summed E-state index contributed by atoms with van der Waals surface area (Å²) < 4.78 is 9.62. The number of carbonyl (C=O) groups is 1. The monoisotopic (exact) mass is 222 g/mol. The van der Waals surface area contributed by atoms with Crippen LogP contribution in [-0.2, 0) is 9.53 Å². The zero-order chi connectivity index (χ0) is 12.0. The van der Waals surface area contributed by atoms with E-state index in [4.69, 9.17) is 9.47 Å². The first-order valence-electron chi connectivity index (χ1n) is 4.89. The highest BCUT2D eigenvalue weighted by Gasteiger charge is 2.00. The Balaban J connectivity index is 2.75. The molecule has 1 rings (SSSR count). The molecule has 0 spiro atoms. The third-order valence-corrected chi connectivity index (χ3v) is 1.90. The zero-order valence-electron chi connectivity index (χ0n) is 9.27. The fourth-order valence-electron chi connectivity index (χ4n) is 1.17. The fraction of sp³-hybridized carbons (Fsp3) is 0.250. The highest BCUT2D eigenvalue weighted by molar-refractivity contribution is 5.87. The summed E-state index contributed by atoms with van der Waals surface area (Å²) in [5, 5.41) is 9.48. The van der Waals surface area contributed by atoms with Crippen molar-refractivity contribution in [3.05, 3.63) is 29.8 Å². The van der Waals surface area contributed by atoms with Crippen LogP contribution in [0.25, 0.3) is 6.08 Å². The van der Waals surface area contributed by atoms with E-state index in [2.05, 4.69) is 0 Å². The van der Waals surface area contributed by atoms with Gasteiger partial charge in [0.1, 0.15) is 0 Å². The molecule has 0 saturated heterocycles. The second-order valence-electron chi connectivity index (χ2n) is 3.02. The van der Waals surface area contributed by atoms with Crippen LogP contribution >= 0.6 is 0 Å². The van der Waals surface area contributed by atoms with Crippen molar-refractivity contribution in [3.8, 4) is 11.5 Å². The van der Waals surface area contributed by atoms with E-state index in [-0.39, 0.29) is 5.75 Å². The second kappa shape index (κ2) is 5.80. The fourth-order valence-corrected chi connectivity index (χ4v) is 1.17. The maximum atomic E-state index is 11.0. The van der Waals surface area contributed by atoms with Gasteiger partial charge in [-0.3, -0.25) is 0 Å². The van der Waals surface area contributed by atoms with Gasteiger partial charge in [0, 0.05) is 6.08 Å². The average Bonchev–Trinajstić information content (AvgIpc) is 2.27. The van der Waals surface area contributed by atoms with E-state index in [9.17, 15) is 9.90 Å². The quantitative estimate of drug-likeness (QED) is 0.625. The molecule has 16 heavy (non-hydrogen) atoms. The summed E-state index contributed by atoms with van der Waals surface area (Å²) in [7, 11) is 1.48. The molecule has 1 aromatic carbocycles. The number of hydrogen-bond acceptors (Lipinski definition) is 4. The Bertz CT molecular complexity index is 396. The van der Waals surface area contributed by atoms with Gasteiger partial charge >= 0.3 is 5.97 Å². The molecule has 4 heteroatoms. The molecule has 86 valence electrons. The predicted octanol–water partition coefficient (Wildman–Crippen LogP) is 1.98. The molecule has 0 radical (unpaired) electrons. The van der Waals surface area contributed by atoms with E-state index < -0.39 is 5.97 Å². The molecular formula is C12H14O4. The van der Waals surface area contributed by atoms with Gasteiger partial charge in [-0.15, -0.1) is 0 Å². The summed E-state index contributed by atoms with van der Waals surface area (Å²) in [6.07, 6.45) is 2.88. The van der Waals surface area contributed by atoms with Crippen LogP contribution in [0, 0.1) is 0 Å². The summed E-state index contributed by atoms with van der Waals surface area (Å²) >= 11 is 0. The summed E-state index contributed by atoms with van der Waals surface area (Å²) in [6.45, 7) is 2.09. The van der Waals surface area contributed by atoms with Crippen LogP contribution in [0.15, 0.2) is 24.3 Å². The van der Waals surface area contributed by atoms with E-state index in [1.54, 1.807) is 25.1 Å². The van der Waals surface area contributed by atoms with Crippen LogP contribution < -0.4 is 4.74 Å². The van der Waals surface area contributed by atoms with Crippen molar-refractivity contribution >= 4 is 12.0 Å². The Labute approximate surface area is 94.1 Å². The molecule has 0 aliphatic rings. The molecule has 0 aliphatic carbocycles. The number of ether oxygens (including phenoxy) is 2. The lowest BCUT2D eigenvalue weighted by Crippen LogP contribution is -1.98. The van der Waals surface area contributed by atoms with Crippen molar-refractivity contribution in [1.29, 1.82) is 0 Å². The Morgan fingerprint density at radius 3 is 2.81 bits per heavy atom. The van der Waals surface area contributed by atoms with E-state index in [0.29, 0.717) is 17.9 Å². The first-order chi connectivity index (χ1) is 7.67. The molecule has 0 aliphatic heterocycles. The van der Waals surface area contributed by atoms with E-state index >= 15 is 0 Å². The summed E-state index contributed by atoms with van der Waals surface area (Å²) in [5.41, 5.74) is 0.700. The van der Waals surface area contributed by atoms with Gasteiger partial charge in [0.25, 0.3) is 0 Å². The largest absolute Gasteiger partial charge is 0.504 e. The molecule has 1 aromatic rings. The molecule has 0 fully saturated rings. The number of phenolic OH excluding ortho intramolecular Hbond substituents is 1. The van der Waals surface area contributed by atoms with Crippen LogP contribution in [0.5, 0.6) is 11.5 Å². The number of benzene rings is 1. The van der Waals surface area contributed by atoms with Crippen LogP contribution in [-0.4, -0.2) is 24.8 Å². The van der Waals surface area contributed by atoms with Crippen molar-refractivity contribution in [1.82, 2.24) is 0 Å². The highest BCUT2D eigenvalue weighted by atomic mass is 16.5. The maximum Gasteiger partial charge on any atom is 0.330 e. The topological polar surface area (TPSA) is 55.8 Å². The zero-order valence-corrected chi connectivity index (χ0v) is 9.27. The minimum atomic E-state index is -0.405. The molecule has 0 unspecified atom stereocenters. The lowest BCUT2D eigenvalue weighted by atomic mass is 10.2. The van der Waals surface area contributed by atoms with Crippen LogP contribution in [0.2, 0.25) is 0 Å². The van der Waals surface area contributed by atoms with Gasteiger partial charge in [0.05, 0.1) is 13.7 Å². The van der Waals surface area contributed by atoms with Crippen molar-refractivity contribution in [2.24, 2.45) is 0 Å².